The zero-order valence-electron chi connectivity index (χ0n) is 11.9. The van der Waals surface area contributed by atoms with E-state index in [1.807, 2.05) is 12.4 Å². The van der Waals surface area contributed by atoms with Gasteiger partial charge in [-0.15, -0.1) is 0 Å². The molecule has 0 saturated carbocycles. The van der Waals surface area contributed by atoms with E-state index in [2.05, 4.69) is 58.5 Å². The highest BCUT2D eigenvalue weighted by molar-refractivity contribution is 5.46. The van der Waals surface area contributed by atoms with Crippen LogP contribution in [0.4, 0.5) is 5.69 Å². The highest BCUT2D eigenvalue weighted by Crippen LogP contribution is 2.17. The van der Waals surface area contributed by atoms with Gasteiger partial charge in [0.2, 0.25) is 0 Å². The Labute approximate surface area is 120 Å². The van der Waals surface area contributed by atoms with E-state index in [-0.39, 0.29) is 0 Å². The maximum absolute atomic E-state index is 4.31. The minimum absolute atomic E-state index is 0.506. The van der Waals surface area contributed by atoms with Gasteiger partial charge < -0.3 is 10.2 Å². The van der Waals surface area contributed by atoms with Gasteiger partial charge in [-0.25, -0.2) is 0 Å². The molecule has 1 saturated heterocycles. The summed E-state index contributed by atoms with van der Waals surface area (Å²) in [7, 11) is 0. The minimum Gasteiger partial charge on any atom is -0.367 e. The van der Waals surface area contributed by atoms with Gasteiger partial charge in [-0.1, -0.05) is 30.3 Å². The molecule has 0 amide bonds. The summed E-state index contributed by atoms with van der Waals surface area (Å²) < 4.78 is 0. The molecule has 0 radical (unpaired) electrons. The SMILES string of the molecule is Cc1cncc(N2CCNC(Cc3ccccc3)C2)c1. The Bertz CT molecular complexity index is 553. The lowest BCUT2D eigenvalue weighted by Gasteiger charge is -2.35. The van der Waals surface area contributed by atoms with Crippen molar-refractivity contribution >= 4 is 5.69 Å². The smallest absolute Gasteiger partial charge is 0.0556 e. The van der Waals surface area contributed by atoms with Crippen LogP contribution in [0.15, 0.2) is 48.8 Å². The summed E-state index contributed by atoms with van der Waals surface area (Å²) in [4.78, 5) is 6.74. The largest absolute Gasteiger partial charge is 0.367 e. The monoisotopic (exact) mass is 267 g/mol. The summed E-state index contributed by atoms with van der Waals surface area (Å²) in [6.45, 7) is 5.22. The number of aryl methyl sites for hydroxylation is 1. The summed E-state index contributed by atoms with van der Waals surface area (Å²) in [6, 6.07) is 13.4. The molecule has 0 aliphatic carbocycles. The third-order valence-corrected chi connectivity index (χ3v) is 3.81. The molecule has 1 N–H and O–H groups in total. The van der Waals surface area contributed by atoms with Gasteiger partial charge in [-0.2, -0.15) is 0 Å². The van der Waals surface area contributed by atoms with Crippen LogP contribution in [0.25, 0.3) is 0 Å². The van der Waals surface area contributed by atoms with E-state index in [1.54, 1.807) is 0 Å². The summed E-state index contributed by atoms with van der Waals surface area (Å²) in [6.07, 6.45) is 4.96. The van der Waals surface area contributed by atoms with Crippen molar-refractivity contribution in [3.05, 3.63) is 59.9 Å². The van der Waals surface area contributed by atoms with Crippen molar-refractivity contribution < 1.29 is 0 Å². The number of hydrogen-bond donors (Lipinski definition) is 1. The fourth-order valence-corrected chi connectivity index (χ4v) is 2.81. The van der Waals surface area contributed by atoms with Gasteiger partial charge in [0.1, 0.15) is 0 Å². The van der Waals surface area contributed by atoms with Gasteiger partial charge in [0, 0.05) is 31.9 Å². The lowest BCUT2D eigenvalue weighted by molar-refractivity contribution is 0.454. The van der Waals surface area contributed by atoms with Crippen LogP contribution in [0.2, 0.25) is 0 Å². The standard InChI is InChI=1S/C17H21N3/c1-14-9-17(12-18-11-14)20-8-7-19-16(13-20)10-15-5-3-2-4-6-15/h2-6,9,11-12,16,19H,7-8,10,13H2,1H3. The van der Waals surface area contributed by atoms with Crippen LogP contribution in [0.3, 0.4) is 0 Å². The van der Waals surface area contributed by atoms with Crippen LogP contribution in [0.1, 0.15) is 11.1 Å². The zero-order valence-corrected chi connectivity index (χ0v) is 11.9. The van der Waals surface area contributed by atoms with Crippen molar-refractivity contribution in [3.8, 4) is 0 Å². The van der Waals surface area contributed by atoms with Crippen LogP contribution in [-0.2, 0) is 6.42 Å². The number of anilines is 1. The fraction of sp³-hybridized carbons (Fsp3) is 0.353. The summed E-state index contributed by atoms with van der Waals surface area (Å²) in [5.74, 6) is 0. The molecule has 1 fully saturated rings. The first-order valence-corrected chi connectivity index (χ1v) is 7.25. The van der Waals surface area contributed by atoms with Gasteiger partial charge >= 0.3 is 0 Å². The van der Waals surface area contributed by atoms with Crippen LogP contribution >= 0.6 is 0 Å². The molecule has 104 valence electrons. The molecule has 1 unspecified atom stereocenters. The van der Waals surface area contributed by atoms with Gasteiger partial charge in [-0.05, 0) is 30.5 Å². The van der Waals surface area contributed by atoms with E-state index >= 15 is 0 Å². The Morgan fingerprint density at radius 1 is 1.25 bits per heavy atom. The second-order valence-electron chi connectivity index (χ2n) is 5.51. The van der Waals surface area contributed by atoms with Crippen molar-refractivity contribution in [2.45, 2.75) is 19.4 Å². The molecule has 1 aliphatic heterocycles. The summed E-state index contributed by atoms with van der Waals surface area (Å²) >= 11 is 0. The molecule has 0 spiro atoms. The lowest BCUT2D eigenvalue weighted by atomic mass is 10.0. The van der Waals surface area contributed by atoms with Crippen molar-refractivity contribution in [2.24, 2.45) is 0 Å². The topological polar surface area (TPSA) is 28.2 Å². The van der Waals surface area contributed by atoms with Crippen molar-refractivity contribution in [2.75, 3.05) is 24.5 Å². The molecule has 1 aromatic carbocycles. The minimum atomic E-state index is 0.506. The third-order valence-electron chi connectivity index (χ3n) is 3.81. The molecular formula is C17H21N3. The second kappa shape index (κ2) is 6.06. The molecular weight excluding hydrogens is 246 g/mol. The predicted molar refractivity (Wildman–Crippen MR) is 83.1 cm³/mol. The van der Waals surface area contributed by atoms with Crippen LogP contribution in [0, 0.1) is 6.92 Å². The number of rotatable bonds is 3. The maximum atomic E-state index is 4.31. The van der Waals surface area contributed by atoms with Gasteiger partial charge in [0.25, 0.3) is 0 Å². The fourth-order valence-electron chi connectivity index (χ4n) is 2.81. The molecule has 1 atom stereocenters. The number of hydrogen-bond acceptors (Lipinski definition) is 3. The number of benzene rings is 1. The highest BCUT2D eigenvalue weighted by atomic mass is 15.2. The first-order valence-electron chi connectivity index (χ1n) is 7.25. The molecule has 2 heterocycles. The molecule has 3 heteroatoms. The Hall–Kier alpha value is -1.87. The number of pyridine rings is 1. The van der Waals surface area contributed by atoms with E-state index in [0.29, 0.717) is 6.04 Å². The Morgan fingerprint density at radius 2 is 2.10 bits per heavy atom. The second-order valence-corrected chi connectivity index (χ2v) is 5.51. The molecule has 2 aromatic rings. The van der Waals surface area contributed by atoms with Gasteiger partial charge in [0.05, 0.1) is 11.9 Å². The van der Waals surface area contributed by atoms with Crippen LogP contribution in [0.5, 0.6) is 0 Å². The predicted octanol–water partition coefficient (Wildman–Crippen LogP) is 2.41. The van der Waals surface area contributed by atoms with E-state index in [0.717, 1.165) is 26.1 Å². The normalized spacial score (nSPS) is 19.1. The van der Waals surface area contributed by atoms with Gasteiger partial charge in [-0.3, -0.25) is 4.98 Å². The number of nitrogens with zero attached hydrogens (tertiary/aromatic N) is 2. The summed E-state index contributed by atoms with van der Waals surface area (Å²) in [5, 5.41) is 3.62. The lowest BCUT2D eigenvalue weighted by Crippen LogP contribution is -2.51. The van der Waals surface area contributed by atoms with Crippen LogP contribution in [-0.4, -0.2) is 30.7 Å². The van der Waals surface area contributed by atoms with Crippen molar-refractivity contribution in [1.29, 1.82) is 0 Å². The molecule has 1 aliphatic rings. The quantitative estimate of drug-likeness (QED) is 0.925. The molecule has 20 heavy (non-hydrogen) atoms. The highest BCUT2D eigenvalue weighted by Gasteiger charge is 2.19. The molecule has 3 nitrogen and oxygen atoms in total. The van der Waals surface area contributed by atoms with Crippen molar-refractivity contribution in [3.63, 3.8) is 0 Å². The molecule has 0 bridgehead atoms. The number of aromatic nitrogens is 1. The Morgan fingerprint density at radius 3 is 2.90 bits per heavy atom. The maximum Gasteiger partial charge on any atom is 0.0556 e. The molecule has 1 aromatic heterocycles. The number of piperazine rings is 1. The third kappa shape index (κ3) is 3.17. The number of nitrogens with one attached hydrogen (secondary N) is 1. The Kier molecular flexibility index (Phi) is 3.97. The van der Waals surface area contributed by atoms with Gasteiger partial charge in [0.15, 0.2) is 0 Å². The average molecular weight is 267 g/mol. The van der Waals surface area contributed by atoms with E-state index in [4.69, 9.17) is 0 Å². The first kappa shape index (κ1) is 13.1. The summed E-state index contributed by atoms with van der Waals surface area (Å²) in [5.41, 5.74) is 3.86. The molecule has 3 rings (SSSR count). The average Bonchev–Trinajstić information content (AvgIpc) is 2.49. The van der Waals surface area contributed by atoms with Crippen LogP contribution < -0.4 is 10.2 Å². The zero-order chi connectivity index (χ0) is 13.8. The van der Waals surface area contributed by atoms with Crippen molar-refractivity contribution in [1.82, 2.24) is 10.3 Å². The van der Waals surface area contributed by atoms with E-state index in [9.17, 15) is 0 Å². The van der Waals surface area contributed by atoms with E-state index < -0.39 is 0 Å². The Balaban J connectivity index is 1.67. The first-order chi connectivity index (χ1) is 9.81. The van der Waals surface area contributed by atoms with E-state index in [1.165, 1.54) is 16.8 Å².